The van der Waals surface area contributed by atoms with Crippen LogP contribution in [0.4, 0.5) is 0 Å². The van der Waals surface area contributed by atoms with Crippen molar-refractivity contribution in [1.82, 2.24) is 4.31 Å². The fraction of sp³-hybridized carbons (Fsp3) is 1.00. The second kappa shape index (κ2) is 8.03. The van der Waals surface area contributed by atoms with E-state index in [0.29, 0.717) is 6.54 Å². The number of hydrogen-bond acceptors (Lipinski definition) is 3. The zero-order valence-corrected chi connectivity index (χ0v) is 11.5. The van der Waals surface area contributed by atoms with Crippen molar-refractivity contribution >= 4 is 10.0 Å². The molecule has 16 heavy (non-hydrogen) atoms. The van der Waals surface area contributed by atoms with Crippen LogP contribution in [-0.2, 0) is 10.0 Å². The Bertz CT molecular complexity index is 262. The highest BCUT2D eigenvalue weighted by Crippen LogP contribution is 2.10. The average molecular weight is 251 g/mol. The van der Waals surface area contributed by atoms with Crippen LogP contribution in [0.2, 0.25) is 0 Å². The summed E-state index contributed by atoms with van der Waals surface area (Å²) in [5, 5.41) is 8.47. The molecule has 1 N–H and O–H groups in total. The fourth-order valence-electron chi connectivity index (χ4n) is 1.49. The molecule has 0 bridgehead atoms. The Morgan fingerprint density at radius 2 is 1.75 bits per heavy atom. The van der Waals surface area contributed by atoms with E-state index < -0.39 is 15.3 Å². The summed E-state index contributed by atoms with van der Waals surface area (Å²) in [6, 6.07) is 0. The first-order chi connectivity index (χ1) is 7.46. The van der Waals surface area contributed by atoms with Gasteiger partial charge < -0.3 is 5.11 Å². The highest BCUT2D eigenvalue weighted by Gasteiger charge is 2.24. The van der Waals surface area contributed by atoms with Gasteiger partial charge in [0.15, 0.2) is 0 Å². The summed E-state index contributed by atoms with van der Waals surface area (Å²) in [5.74, 6) is 0. The van der Waals surface area contributed by atoms with E-state index >= 15 is 0 Å². The summed E-state index contributed by atoms with van der Waals surface area (Å²) in [6.07, 6.45) is 4.19. The average Bonchev–Trinajstić information content (AvgIpc) is 2.22. The predicted octanol–water partition coefficient (Wildman–Crippen LogP) is 1.60. The third kappa shape index (κ3) is 5.27. The van der Waals surface area contributed by atoms with Crippen molar-refractivity contribution in [3.63, 3.8) is 0 Å². The Labute approximate surface area is 99.7 Å². The quantitative estimate of drug-likeness (QED) is 0.633. The SMILES string of the molecule is CCCCCCN(CCO)S(=O)(=O)C(C)C. The molecule has 0 aromatic carbocycles. The number of rotatable bonds is 9. The first-order valence-corrected chi connectivity index (χ1v) is 7.57. The van der Waals surface area contributed by atoms with Crippen molar-refractivity contribution in [2.24, 2.45) is 0 Å². The van der Waals surface area contributed by atoms with Gasteiger partial charge >= 0.3 is 0 Å². The van der Waals surface area contributed by atoms with Gasteiger partial charge in [0.2, 0.25) is 10.0 Å². The second-order valence-corrected chi connectivity index (χ2v) is 6.77. The van der Waals surface area contributed by atoms with E-state index in [-0.39, 0.29) is 13.2 Å². The van der Waals surface area contributed by atoms with Gasteiger partial charge in [-0.25, -0.2) is 8.42 Å². The Balaban J connectivity index is 4.27. The molecule has 0 rings (SSSR count). The van der Waals surface area contributed by atoms with Crippen molar-refractivity contribution in [2.45, 2.75) is 51.7 Å². The summed E-state index contributed by atoms with van der Waals surface area (Å²) >= 11 is 0. The number of unbranched alkanes of at least 4 members (excludes halogenated alkanes) is 3. The molecular formula is C11H25NO3S. The fourth-order valence-corrected chi connectivity index (χ4v) is 2.81. The molecule has 0 saturated carbocycles. The molecule has 0 radical (unpaired) electrons. The highest BCUT2D eigenvalue weighted by molar-refractivity contribution is 7.89. The normalized spacial score (nSPS) is 12.6. The number of hydrogen-bond donors (Lipinski definition) is 1. The molecule has 4 nitrogen and oxygen atoms in total. The summed E-state index contributed by atoms with van der Waals surface area (Å²) < 4.78 is 25.2. The predicted molar refractivity (Wildman–Crippen MR) is 66.9 cm³/mol. The van der Waals surface area contributed by atoms with Crippen LogP contribution in [0.3, 0.4) is 0 Å². The first kappa shape index (κ1) is 15.9. The molecule has 0 unspecified atom stereocenters. The van der Waals surface area contributed by atoms with Crippen LogP contribution in [0.5, 0.6) is 0 Å². The van der Waals surface area contributed by atoms with Crippen LogP contribution < -0.4 is 0 Å². The molecule has 0 aliphatic carbocycles. The third-order valence-electron chi connectivity index (χ3n) is 2.57. The maximum atomic E-state index is 11.9. The van der Waals surface area contributed by atoms with E-state index in [4.69, 9.17) is 5.11 Å². The van der Waals surface area contributed by atoms with Gasteiger partial charge in [0.1, 0.15) is 0 Å². The molecule has 0 fully saturated rings. The Hall–Kier alpha value is -0.130. The van der Waals surface area contributed by atoms with Crippen molar-refractivity contribution in [2.75, 3.05) is 19.7 Å². The Kier molecular flexibility index (Phi) is 7.97. The van der Waals surface area contributed by atoms with Crippen LogP contribution in [0.15, 0.2) is 0 Å². The van der Waals surface area contributed by atoms with Gasteiger partial charge in [0, 0.05) is 13.1 Å². The van der Waals surface area contributed by atoms with E-state index in [2.05, 4.69) is 6.92 Å². The van der Waals surface area contributed by atoms with Crippen molar-refractivity contribution in [3.8, 4) is 0 Å². The maximum Gasteiger partial charge on any atom is 0.216 e. The van der Waals surface area contributed by atoms with E-state index in [1.165, 1.54) is 4.31 Å². The van der Waals surface area contributed by atoms with E-state index in [9.17, 15) is 8.42 Å². The molecule has 0 atom stereocenters. The summed E-state index contributed by atoms with van der Waals surface area (Å²) in [6.45, 7) is 6.10. The number of nitrogens with zero attached hydrogens (tertiary/aromatic N) is 1. The van der Waals surface area contributed by atoms with Crippen molar-refractivity contribution in [1.29, 1.82) is 0 Å². The monoisotopic (exact) mass is 251 g/mol. The molecule has 0 amide bonds. The molecule has 0 aliphatic rings. The topological polar surface area (TPSA) is 57.6 Å². The van der Waals surface area contributed by atoms with Gasteiger partial charge in [-0.2, -0.15) is 4.31 Å². The smallest absolute Gasteiger partial charge is 0.216 e. The van der Waals surface area contributed by atoms with Crippen LogP contribution in [0, 0.1) is 0 Å². The van der Waals surface area contributed by atoms with Gasteiger partial charge in [-0.05, 0) is 20.3 Å². The van der Waals surface area contributed by atoms with Crippen molar-refractivity contribution < 1.29 is 13.5 Å². The Morgan fingerprint density at radius 3 is 2.19 bits per heavy atom. The lowest BCUT2D eigenvalue weighted by molar-refractivity contribution is 0.251. The number of sulfonamides is 1. The van der Waals surface area contributed by atoms with Gasteiger partial charge in [-0.3, -0.25) is 0 Å². The van der Waals surface area contributed by atoms with E-state index in [1.54, 1.807) is 13.8 Å². The lowest BCUT2D eigenvalue weighted by Crippen LogP contribution is -2.38. The third-order valence-corrected chi connectivity index (χ3v) is 4.84. The zero-order valence-electron chi connectivity index (χ0n) is 10.6. The van der Waals surface area contributed by atoms with Gasteiger partial charge in [0.05, 0.1) is 11.9 Å². The standard InChI is InChI=1S/C11H25NO3S/c1-4-5-6-7-8-12(9-10-13)16(14,15)11(2)3/h11,13H,4-10H2,1-3H3. The summed E-state index contributed by atoms with van der Waals surface area (Å²) in [5.41, 5.74) is 0. The molecule has 0 saturated heterocycles. The summed E-state index contributed by atoms with van der Waals surface area (Å²) in [4.78, 5) is 0. The minimum atomic E-state index is -3.21. The van der Waals surface area contributed by atoms with Crippen molar-refractivity contribution in [3.05, 3.63) is 0 Å². The molecule has 0 aromatic heterocycles. The van der Waals surface area contributed by atoms with Crippen LogP contribution >= 0.6 is 0 Å². The van der Waals surface area contributed by atoms with E-state index in [1.807, 2.05) is 0 Å². The molecule has 0 heterocycles. The Morgan fingerprint density at radius 1 is 1.12 bits per heavy atom. The van der Waals surface area contributed by atoms with Crippen LogP contribution in [-0.4, -0.2) is 42.8 Å². The maximum absolute atomic E-state index is 11.9. The van der Waals surface area contributed by atoms with E-state index in [0.717, 1.165) is 25.7 Å². The molecule has 5 heteroatoms. The minimum absolute atomic E-state index is 0.111. The summed E-state index contributed by atoms with van der Waals surface area (Å²) in [7, 11) is -3.21. The lowest BCUT2D eigenvalue weighted by atomic mass is 10.2. The lowest BCUT2D eigenvalue weighted by Gasteiger charge is -2.23. The van der Waals surface area contributed by atoms with Gasteiger partial charge in [-0.1, -0.05) is 26.2 Å². The molecule has 0 aliphatic heterocycles. The van der Waals surface area contributed by atoms with Gasteiger partial charge in [-0.15, -0.1) is 0 Å². The molecule has 98 valence electrons. The number of aliphatic hydroxyl groups excluding tert-OH is 1. The molecular weight excluding hydrogens is 226 g/mol. The van der Waals surface area contributed by atoms with Gasteiger partial charge in [0.25, 0.3) is 0 Å². The first-order valence-electron chi connectivity index (χ1n) is 6.06. The molecule has 0 aromatic rings. The van der Waals surface area contributed by atoms with Crippen LogP contribution in [0.25, 0.3) is 0 Å². The number of aliphatic hydroxyl groups is 1. The zero-order chi connectivity index (χ0) is 12.6. The van der Waals surface area contributed by atoms with Crippen LogP contribution in [0.1, 0.15) is 46.5 Å². The minimum Gasteiger partial charge on any atom is -0.395 e. The second-order valence-electron chi connectivity index (χ2n) is 4.28. The molecule has 0 spiro atoms. The highest BCUT2D eigenvalue weighted by atomic mass is 32.2. The largest absolute Gasteiger partial charge is 0.395 e.